The quantitative estimate of drug-likeness (QED) is 0.895. The monoisotopic (exact) mass is 343 g/mol. The summed E-state index contributed by atoms with van der Waals surface area (Å²) in [5.41, 5.74) is 1.82. The summed E-state index contributed by atoms with van der Waals surface area (Å²) < 4.78 is 9.74. The molecule has 2 saturated heterocycles. The number of aromatic nitrogens is 2. The Hall–Kier alpha value is -3.10. The summed E-state index contributed by atoms with van der Waals surface area (Å²) in [6.45, 7) is 2.28. The van der Waals surface area contributed by atoms with Gasteiger partial charge in [-0.3, -0.25) is 4.90 Å². The van der Waals surface area contributed by atoms with Crippen LogP contribution in [0.25, 0.3) is 11.4 Å². The van der Waals surface area contributed by atoms with Crippen molar-refractivity contribution in [1.29, 1.82) is 0 Å². The summed E-state index contributed by atoms with van der Waals surface area (Å²) in [5, 5.41) is 6.69. The fraction of sp³-hybridized carbons (Fsp3) is 0.375. The Morgan fingerprint density at radius 1 is 1.28 bits per heavy atom. The van der Waals surface area contributed by atoms with E-state index in [0.717, 1.165) is 11.1 Å². The summed E-state index contributed by atoms with van der Waals surface area (Å²) in [7, 11) is 0. The van der Waals surface area contributed by atoms with Gasteiger partial charge in [-0.1, -0.05) is 29.4 Å². The minimum absolute atomic E-state index is 0.0405. The SMILES string of the molecule is O=C(NCc1ccc(-c2ncon2)cc1)N1CCN2C(=O)OC[C@H]2C1. The van der Waals surface area contributed by atoms with E-state index in [0.29, 0.717) is 38.6 Å². The molecule has 0 aliphatic carbocycles. The molecule has 3 amide bonds. The Balaban J connectivity index is 1.31. The summed E-state index contributed by atoms with van der Waals surface area (Å²) in [6, 6.07) is 7.41. The molecule has 1 N–H and O–H groups in total. The second-order valence-corrected chi connectivity index (χ2v) is 5.98. The molecule has 4 rings (SSSR count). The molecule has 0 spiro atoms. The fourth-order valence-electron chi connectivity index (χ4n) is 3.03. The molecular formula is C16H17N5O4. The third-order valence-electron chi connectivity index (χ3n) is 4.42. The van der Waals surface area contributed by atoms with Crippen molar-refractivity contribution in [3.63, 3.8) is 0 Å². The number of hydrogen-bond acceptors (Lipinski definition) is 6. The van der Waals surface area contributed by atoms with Crippen LogP contribution >= 0.6 is 0 Å². The number of rotatable bonds is 3. The molecule has 0 bridgehead atoms. The molecule has 3 heterocycles. The molecule has 2 aromatic rings. The van der Waals surface area contributed by atoms with Gasteiger partial charge in [0.15, 0.2) is 0 Å². The van der Waals surface area contributed by atoms with Gasteiger partial charge in [-0.05, 0) is 5.56 Å². The maximum absolute atomic E-state index is 12.3. The van der Waals surface area contributed by atoms with E-state index in [-0.39, 0.29) is 18.2 Å². The lowest BCUT2D eigenvalue weighted by molar-refractivity contribution is 0.127. The van der Waals surface area contributed by atoms with E-state index in [4.69, 9.17) is 9.26 Å². The third kappa shape index (κ3) is 3.12. The average Bonchev–Trinajstić information content (AvgIpc) is 3.30. The van der Waals surface area contributed by atoms with Crippen molar-refractivity contribution in [2.45, 2.75) is 12.6 Å². The first kappa shape index (κ1) is 15.4. The summed E-state index contributed by atoms with van der Waals surface area (Å²) in [4.78, 5) is 31.2. The van der Waals surface area contributed by atoms with E-state index in [1.807, 2.05) is 24.3 Å². The smallest absolute Gasteiger partial charge is 0.410 e. The van der Waals surface area contributed by atoms with Crippen LogP contribution in [0.4, 0.5) is 9.59 Å². The van der Waals surface area contributed by atoms with Crippen molar-refractivity contribution in [2.75, 3.05) is 26.2 Å². The number of urea groups is 1. The highest BCUT2D eigenvalue weighted by atomic mass is 16.6. The Labute approximate surface area is 143 Å². The van der Waals surface area contributed by atoms with Crippen molar-refractivity contribution < 1.29 is 18.8 Å². The van der Waals surface area contributed by atoms with Crippen molar-refractivity contribution in [1.82, 2.24) is 25.3 Å². The minimum atomic E-state index is -0.285. The van der Waals surface area contributed by atoms with Crippen LogP contribution in [0.5, 0.6) is 0 Å². The van der Waals surface area contributed by atoms with E-state index in [9.17, 15) is 9.59 Å². The fourth-order valence-corrected chi connectivity index (χ4v) is 3.03. The molecule has 25 heavy (non-hydrogen) atoms. The molecule has 1 aromatic carbocycles. The summed E-state index contributed by atoms with van der Waals surface area (Å²) in [6.07, 6.45) is 0.998. The molecule has 0 saturated carbocycles. The summed E-state index contributed by atoms with van der Waals surface area (Å²) in [5.74, 6) is 0.529. The van der Waals surface area contributed by atoms with E-state index in [2.05, 4.69) is 15.5 Å². The predicted molar refractivity (Wildman–Crippen MR) is 85.4 cm³/mol. The average molecular weight is 343 g/mol. The number of nitrogens with zero attached hydrogens (tertiary/aromatic N) is 4. The lowest BCUT2D eigenvalue weighted by Gasteiger charge is -2.35. The molecule has 2 fully saturated rings. The minimum Gasteiger partial charge on any atom is -0.447 e. The topological polar surface area (TPSA) is 101 Å². The standard InChI is InChI=1S/C16H17N5O4/c22-15(20-5-6-21-13(8-20)9-24-16(21)23)17-7-11-1-3-12(4-2-11)14-18-10-25-19-14/h1-4,10,13H,5-9H2,(H,17,22)/t13-/m1/s1. The van der Waals surface area contributed by atoms with Gasteiger partial charge in [0.25, 0.3) is 0 Å². The zero-order valence-electron chi connectivity index (χ0n) is 13.4. The third-order valence-corrected chi connectivity index (χ3v) is 4.42. The van der Waals surface area contributed by atoms with Crippen LogP contribution in [0.1, 0.15) is 5.56 Å². The molecule has 1 atom stereocenters. The number of benzene rings is 1. The van der Waals surface area contributed by atoms with Gasteiger partial charge < -0.3 is 19.5 Å². The van der Waals surface area contributed by atoms with E-state index >= 15 is 0 Å². The van der Waals surface area contributed by atoms with Gasteiger partial charge in [0, 0.05) is 31.7 Å². The van der Waals surface area contributed by atoms with Gasteiger partial charge in [-0.15, -0.1) is 0 Å². The number of carbonyl (C=O) groups excluding carboxylic acids is 2. The molecule has 9 nitrogen and oxygen atoms in total. The van der Waals surface area contributed by atoms with Crippen LogP contribution in [0, 0.1) is 0 Å². The summed E-state index contributed by atoms with van der Waals surface area (Å²) >= 11 is 0. The van der Waals surface area contributed by atoms with Gasteiger partial charge in [-0.25, -0.2) is 9.59 Å². The van der Waals surface area contributed by atoms with Crippen LogP contribution in [0.3, 0.4) is 0 Å². The van der Waals surface area contributed by atoms with Crippen LogP contribution in [0.15, 0.2) is 35.2 Å². The van der Waals surface area contributed by atoms with Crippen molar-refractivity contribution in [3.8, 4) is 11.4 Å². The number of nitrogens with one attached hydrogen (secondary N) is 1. The Kier molecular flexibility index (Phi) is 3.96. The van der Waals surface area contributed by atoms with Crippen molar-refractivity contribution in [3.05, 3.63) is 36.2 Å². The van der Waals surface area contributed by atoms with Crippen molar-refractivity contribution >= 4 is 12.1 Å². The number of piperazine rings is 1. The number of fused-ring (bicyclic) bond motifs is 1. The molecular weight excluding hydrogens is 326 g/mol. The van der Waals surface area contributed by atoms with Gasteiger partial charge in [0.1, 0.15) is 6.61 Å². The second-order valence-electron chi connectivity index (χ2n) is 5.98. The van der Waals surface area contributed by atoms with E-state index in [1.165, 1.54) is 6.39 Å². The molecule has 0 radical (unpaired) electrons. The Bertz CT molecular complexity index is 761. The zero-order chi connectivity index (χ0) is 17.2. The lowest BCUT2D eigenvalue weighted by Crippen LogP contribution is -2.55. The maximum Gasteiger partial charge on any atom is 0.410 e. The van der Waals surface area contributed by atoms with Crippen LogP contribution in [-0.4, -0.2) is 64.3 Å². The molecule has 0 unspecified atom stereocenters. The second kappa shape index (κ2) is 6.42. The first-order valence-electron chi connectivity index (χ1n) is 8.02. The maximum atomic E-state index is 12.3. The Morgan fingerprint density at radius 2 is 2.12 bits per heavy atom. The number of carbonyl (C=O) groups is 2. The normalized spacial score (nSPS) is 19.5. The molecule has 1 aromatic heterocycles. The molecule has 2 aliphatic rings. The predicted octanol–water partition coefficient (Wildman–Crippen LogP) is 1.08. The zero-order valence-corrected chi connectivity index (χ0v) is 13.4. The molecule has 2 aliphatic heterocycles. The number of cyclic esters (lactones) is 1. The van der Waals surface area contributed by atoms with Crippen LogP contribution in [0.2, 0.25) is 0 Å². The highest BCUT2D eigenvalue weighted by Gasteiger charge is 2.38. The van der Waals surface area contributed by atoms with E-state index in [1.54, 1.807) is 9.80 Å². The number of hydrogen-bond donors (Lipinski definition) is 1. The first-order valence-corrected chi connectivity index (χ1v) is 8.02. The van der Waals surface area contributed by atoms with Gasteiger partial charge in [0.05, 0.1) is 6.04 Å². The highest BCUT2D eigenvalue weighted by molar-refractivity contribution is 5.75. The number of amides is 3. The van der Waals surface area contributed by atoms with Gasteiger partial charge in [-0.2, -0.15) is 4.98 Å². The molecule has 9 heteroatoms. The highest BCUT2D eigenvalue weighted by Crippen LogP contribution is 2.18. The molecule has 130 valence electrons. The first-order chi connectivity index (χ1) is 12.2. The lowest BCUT2D eigenvalue weighted by atomic mass is 10.1. The van der Waals surface area contributed by atoms with Crippen LogP contribution < -0.4 is 5.32 Å². The van der Waals surface area contributed by atoms with Gasteiger partial charge in [0.2, 0.25) is 12.2 Å². The van der Waals surface area contributed by atoms with Crippen LogP contribution in [-0.2, 0) is 11.3 Å². The van der Waals surface area contributed by atoms with Crippen molar-refractivity contribution in [2.24, 2.45) is 0 Å². The van der Waals surface area contributed by atoms with E-state index < -0.39 is 0 Å². The Morgan fingerprint density at radius 3 is 2.88 bits per heavy atom. The number of ether oxygens (including phenoxy) is 1. The largest absolute Gasteiger partial charge is 0.447 e. The van der Waals surface area contributed by atoms with Gasteiger partial charge >= 0.3 is 12.1 Å².